The van der Waals surface area contributed by atoms with Crippen molar-refractivity contribution < 1.29 is 14.6 Å². The summed E-state index contributed by atoms with van der Waals surface area (Å²) < 4.78 is 5.43. The number of rotatable bonds is 4. The largest absolute Gasteiger partial charge is 0.394 e. The monoisotopic (exact) mass is 277 g/mol. The third kappa shape index (κ3) is 3.26. The van der Waals surface area contributed by atoms with Gasteiger partial charge in [-0.05, 0) is 32.4 Å². The number of Topliss-reactive ketones (excluding diaryl/α,β-unsaturated/α-hetero) is 1. The van der Waals surface area contributed by atoms with Gasteiger partial charge in [-0.1, -0.05) is 17.7 Å². The first-order valence-electron chi connectivity index (χ1n) is 7.11. The molecule has 2 rings (SSSR count). The van der Waals surface area contributed by atoms with Crippen LogP contribution in [0.15, 0.2) is 18.2 Å². The summed E-state index contributed by atoms with van der Waals surface area (Å²) in [4.78, 5) is 14.8. The van der Waals surface area contributed by atoms with Gasteiger partial charge < -0.3 is 9.84 Å². The van der Waals surface area contributed by atoms with Crippen LogP contribution in [0.2, 0.25) is 0 Å². The van der Waals surface area contributed by atoms with Crippen molar-refractivity contribution in [3.63, 3.8) is 0 Å². The smallest absolute Gasteiger partial charge is 0.179 e. The van der Waals surface area contributed by atoms with Gasteiger partial charge in [0.1, 0.15) is 0 Å². The molecule has 1 saturated heterocycles. The summed E-state index contributed by atoms with van der Waals surface area (Å²) in [6, 6.07) is 5.78. The van der Waals surface area contributed by atoms with Gasteiger partial charge in [0.25, 0.3) is 0 Å². The molecule has 1 aliphatic heterocycles. The average Bonchev–Trinajstić information content (AvgIpc) is 2.48. The van der Waals surface area contributed by atoms with Crippen LogP contribution in [0.25, 0.3) is 0 Å². The number of benzene rings is 1. The Morgan fingerprint density at radius 3 is 2.95 bits per heavy atom. The topological polar surface area (TPSA) is 49.8 Å². The first kappa shape index (κ1) is 15.2. The molecule has 4 nitrogen and oxygen atoms in total. The van der Waals surface area contributed by atoms with Gasteiger partial charge in [0.15, 0.2) is 5.78 Å². The van der Waals surface area contributed by atoms with Gasteiger partial charge >= 0.3 is 0 Å². The summed E-state index contributed by atoms with van der Waals surface area (Å²) in [5, 5.41) is 9.19. The van der Waals surface area contributed by atoms with Gasteiger partial charge in [-0.2, -0.15) is 0 Å². The van der Waals surface area contributed by atoms with Crippen molar-refractivity contribution in [3.05, 3.63) is 34.9 Å². The lowest BCUT2D eigenvalue weighted by Crippen LogP contribution is -2.50. The lowest BCUT2D eigenvalue weighted by atomic mass is 9.97. The van der Waals surface area contributed by atoms with E-state index in [1.165, 1.54) is 0 Å². The van der Waals surface area contributed by atoms with E-state index in [1.54, 1.807) is 0 Å². The van der Waals surface area contributed by atoms with E-state index in [4.69, 9.17) is 4.74 Å². The summed E-state index contributed by atoms with van der Waals surface area (Å²) in [6.07, 6.45) is -0.183. The Morgan fingerprint density at radius 2 is 2.25 bits per heavy atom. The Bertz CT molecular complexity index is 487. The molecule has 0 bridgehead atoms. The highest BCUT2D eigenvalue weighted by Gasteiger charge is 2.28. The molecule has 1 N–H and O–H groups in total. The van der Waals surface area contributed by atoms with E-state index < -0.39 is 0 Å². The van der Waals surface area contributed by atoms with E-state index >= 15 is 0 Å². The van der Waals surface area contributed by atoms with Crippen molar-refractivity contribution in [1.29, 1.82) is 0 Å². The van der Waals surface area contributed by atoms with E-state index in [0.717, 1.165) is 23.2 Å². The molecule has 20 heavy (non-hydrogen) atoms. The number of hydrogen-bond acceptors (Lipinski definition) is 4. The molecule has 0 radical (unpaired) electrons. The minimum absolute atomic E-state index is 0.000876. The zero-order valence-electron chi connectivity index (χ0n) is 12.4. The fourth-order valence-corrected chi connectivity index (χ4v) is 2.60. The fraction of sp³-hybridized carbons (Fsp3) is 0.562. The summed E-state index contributed by atoms with van der Waals surface area (Å²) in [5.41, 5.74) is 2.91. The van der Waals surface area contributed by atoms with Crippen LogP contribution < -0.4 is 0 Å². The number of carbonyl (C=O) groups is 1. The fourth-order valence-electron chi connectivity index (χ4n) is 2.60. The van der Waals surface area contributed by atoms with Crippen LogP contribution in [0.4, 0.5) is 0 Å². The predicted molar refractivity (Wildman–Crippen MR) is 78.1 cm³/mol. The van der Waals surface area contributed by atoms with Crippen LogP contribution in [0.1, 0.15) is 28.4 Å². The average molecular weight is 277 g/mol. The molecule has 110 valence electrons. The third-order valence-electron chi connectivity index (χ3n) is 3.96. The van der Waals surface area contributed by atoms with Crippen LogP contribution in [0.5, 0.6) is 0 Å². The Morgan fingerprint density at radius 1 is 1.50 bits per heavy atom. The number of aliphatic hydroxyl groups is 1. The second kappa shape index (κ2) is 6.48. The number of morpholine rings is 1. The van der Waals surface area contributed by atoms with Crippen LogP contribution in [0, 0.1) is 13.8 Å². The van der Waals surface area contributed by atoms with Gasteiger partial charge in [0.05, 0.1) is 25.4 Å². The van der Waals surface area contributed by atoms with Gasteiger partial charge in [0.2, 0.25) is 0 Å². The lowest BCUT2D eigenvalue weighted by molar-refractivity contribution is -0.0592. The number of ketones is 1. The molecule has 1 aromatic rings. The summed E-state index contributed by atoms with van der Waals surface area (Å²) >= 11 is 0. The van der Waals surface area contributed by atoms with E-state index in [-0.39, 0.29) is 24.5 Å². The Balaban J connectivity index is 2.13. The molecule has 1 aromatic carbocycles. The number of carbonyl (C=O) groups excluding carboxylic acids is 1. The van der Waals surface area contributed by atoms with Crippen LogP contribution in [0.3, 0.4) is 0 Å². The summed E-state index contributed by atoms with van der Waals surface area (Å²) in [6.45, 7) is 7.80. The molecule has 0 spiro atoms. The van der Waals surface area contributed by atoms with Gasteiger partial charge in [0, 0.05) is 18.7 Å². The molecular weight excluding hydrogens is 254 g/mol. The lowest BCUT2D eigenvalue weighted by Gasteiger charge is -2.35. The maximum Gasteiger partial charge on any atom is 0.179 e. The Hall–Kier alpha value is -1.23. The molecule has 1 aliphatic rings. The van der Waals surface area contributed by atoms with Crippen LogP contribution in [-0.2, 0) is 4.74 Å². The second-order valence-corrected chi connectivity index (χ2v) is 5.53. The SMILES string of the molecule is Cc1ccc(C)c(C(=O)C(C)N2CCOC(CO)C2)c1. The number of aryl methyl sites for hydroxylation is 2. The van der Waals surface area contributed by atoms with E-state index in [1.807, 2.05) is 39.0 Å². The highest BCUT2D eigenvalue weighted by Crippen LogP contribution is 2.17. The molecule has 4 heteroatoms. The summed E-state index contributed by atoms with van der Waals surface area (Å²) in [7, 11) is 0. The number of ether oxygens (including phenoxy) is 1. The minimum Gasteiger partial charge on any atom is -0.394 e. The molecule has 0 aliphatic carbocycles. The highest BCUT2D eigenvalue weighted by atomic mass is 16.5. The van der Waals surface area contributed by atoms with Crippen molar-refractivity contribution >= 4 is 5.78 Å². The van der Waals surface area contributed by atoms with E-state index in [9.17, 15) is 9.90 Å². The number of nitrogens with zero attached hydrogens (tertiary/aromatic N) is 1. The van der Waals surface area contributed by atoms with E-state index in [0.29, 0.717) is 13.2 Å². The first-order chi connectivity index (χ1) is 9.52. The Kier molecular flexibility index (Phi) is 4.91. The second-order valence-electron chi connectivity index (χ2n) is 5.53. The van der Waals surface area contributed by atoms with Gasteiger partial charge in [-0.25, -0.2) is 0 Å². The maximum atomic E-state index is 12.7. The standard InChI is InChI=1S/C16H23NO3/c1-11-4-5-12(2)15(8-11)16(19)13(3)17-6-7-20-14(9-17)10-18/h4-5,8,13-14,18H,6-7,9-10H2,1-3H3. The zero-order valence-corrected chi connectivity index (χ0v) is 12.4. The first-order valence-corrected chi connectivity index (χ1v) is 7.11. The van der Waals surface area contributed by atoms with Crippen LogP contribution in [-0.4, -0.2) is 54.2 Å². The van der Waals surface area contributed by atoms with Crippen molar-refractivity contribution in [1.82, 2.24) is 4.90 Å². The van der Waals surface area contributed by atoms with E-state index in [2.05, 4.69) is 4.90 Å². The normalized spacial score (nSPS) is 21.7. The van der Waals surface area contributed by atoms with Crippen molar-refractivity contribution in [3.8, 4) is 0 Å². The molecule has 1 heterocycles. The molecule has 0 amide bonds. The van der Waals surface area contributed by atoms with Gasteiger partial charge in [-0.3, -0.25) is 9.69 Å². The molecule has 0 saturated carbocycles. The number of aliphatic hydroxyl groups excluding tert-OH is 1. The Labute approximate surface area is 120 Å². The maximum absolute atomic E-state index is 12.7. The van der Waals surface area contributed by atoms with Gasteiger partial charge in [-0.15, -0.1) is 0 Å². The quantitative estimate of drug-likeness (QED) is 0.849. The molecular formula is C16H23NO3. The number of hydrogen-bond donors (Lipinski definition) is 1. The van der Waals surface area contributed by atoms with Crippen molar-refractivity contribution in [2.45, 2.75) is 32.9 Å². The summed E-state index contributed by atoms with van der Waals surface area (Å²) in [5.74, 6) is 0.143. The molecule has 1 fully saturated rings. The molecule has 0 aromatic heterocycles. The van der Waals surface area contributed by atoms with Crippen molar-refractivity contribution in [2.75, 3.05) is 26.3 Å². The third-order valence-corrected chi connectivity index (χ3v) is 3.96. The van der Waals surface area contributed by atoms with Crippen LogP contribution >= 0.6 is 0 Å². The molecule has 2 atom stereocenters. The molecule has 2 unspecified atom stereocenters. The van der Waals surface area contributed by atoms with Crippen molar-refractivity contribution in [2.24, 2.45) is 0 Å². The highest BCUT2D eigenvalue weighted by molar-refractivity contribution is 6.01. The predicted octanol–water partition coefficient (Wildman–Crippen LogP) is 1.57. The zero-order chi connectivity index (χ0) is 14.7. The minimum atomic E-state index is -0.187.